The molecule has 2 aromatic carbocycles. The molecule has 3 aromatic rings. The largest absolute Gasteiger partial charge is 3.00 e. The van der Waals surface area contributed by atoms with Crippen LogP contribution in [0.2, 0.25) is 0 Å². The molecule has 174 valence electrons. The smallest absolute Gasteiger partial charge is 0.850 e. The summed E-state index contributed by atoms with van der Waals surface area (Å²) in [5.74, 6) is 0. The molecule has 0 fully saturated rings. The van der Waals surface area contributed by atoms with E-state index in [9.17, 15) is 5.11 Å². The van der Waals surface area contributed by atoms with Gasteiger partial charge in [-0.15, -0.1) is 76.4 Å². The second-order valence-electron chi connectivity index (χ2n) is 11.0. The Bertz CT molecular complexity index is 891. The van der Waals surface area contributed by atoms with E-state index >= 15 is 0 Å². The zero-order valence-corrected chi connectivity index (χ0v) is 23.0. The molecular formula is C29H36AuNO. The summed E-state index contributed by atoms with van der Waals surface area (Å²) in [4.78, 5) is 4.83. The van der Waals surface area contributed by atoms with Gasteiger partial charge in [-0.25, -0.2) is 0 Å². The number of rotatable bonds is 2. The summed E-state index contributed by atoms with van der Waals surface area (Å²) in [5, 5.41) is 10.1. The molecule has 3 rings (SSSR count). The van der Waals surface area contributed by atoms with Crippen molar-refractivity contribution in [3.05, 3.63) is 77.9 Å². The Morgan fingerprint density at radius 1 is 0.625 bits per heavy atom. The van der Waals surface area contributed by atoms with Crippen LogP contribution in [0.25, 0.3) is 22.5 Å². The van der Waals surface area contributed by atoms with E-state index in [1.54, 1.807) is 20.8 Å². The molecule has 0 bridgehead atoms. The predicted octanol–water partition coefficient (Wildman–Crippen LogP) is 6.75. The third-order valence-electron chi connectivity index (χ3n) is 4.66. The molecule has 1 heterocycles. The first-order chi connectivity index (χ1) is 14.1. The van der Waals surface area contributed by atoms with Crippen LogP contribution in [0.3, 0.4) is 0 Å². The first-order valence-electron chi connectivity index (χ1n) is 10.9. The van der Waals surface area contributed by atoms with Gasteiger partial charge in [0.15, 0.2) is 0 Å². The number of hydrogen-bond donors (Lipinski definition) is 0. The van der Waals surface area contributed by atoms with E-state index in [1.165, 1.54) is 11.1 Å². The summed E-state index contributed by atoms with van der Waals surface area (Å²) in [6, 6.07) is 25.6. The molecule has 0 N–H and O–H groups in total. The molecule has 0 saturated heterocycles. The van der Waals surface area contributed by atoms with E-state index in [-0.39, 0.29) is 33.2 Å². The van der Waals surface area contributed by atoms with Gasteiger partial charge < -0.3 is 10.1 Å². The molecule has 0 aliphatic carbocycles. The minimum atomic E-state index is -0.750. The SMILES string of the molecule is CC(C)(C)[O-].CC(C)(C)c1c[c-]c(-c2cccc(-c3[c-]cc(C(C)(C)C)cc3)n2)cc1.[Au+3]. The van der Waals surface area contributed by atoms with Crippen molar-refractivity contribution in [1.29, 1.82) is 0 Å². The quantitative estimate of drug-likeness (QED) is 0.238. The topological polar surface area (TPSA) is 36.0 Å². The van der Waals surface area contributed by atoms with Crippen molar-refractivity contribution < 1.29 is 27.5 Å². The van der Waals surface area contributed by atoms with Crippen molar-refractivity contribution in [1.82, 2.24) is 4.98 Å². The van der Waals surface area contributed by atoms with Crippen LogP contribution < -0.4 is 5.11 Å². The van der Waals surface area contributed by atoms with Crippen LogP contribution in [0.4, 0.5) is 0 Å². The fourth-order valence-electron chi connectivity index (χ4n) is 2.84. The molecular weight excluding hydrogens is 575 g/mol. The Morgan fingerprint density at radius 2 is 0.969 bits per heavy atom. The summed E-state index contributed by atoms with van der Waals surface area (Å²) >= 11 is 0. The van der Waals surface area contributed by atoms with Gasteiger partial charge in [0.2, 0.25) is 0 Å². The second-order valence-corrected chi connectivity index (χ2v) is 11.0. The Labute approximate surface area is 211 Å². The van der Waals surface area contributed by atoms with E-state index in [2.05, 4.69) is 96.1 Å². The van der Waals surface area contributed by atoms with E-state index in [0.29, 0.717) is 0 Å². The standard InChI is InChI=1S/C25H27N.C4H9O.Au/c1-24(2,3)20-14-10-18(11-15-20)22-8-7-9-23(26-22)19-12-16-21(17-13-19)25(4,5)6;1-4(2,3)5;/h7-10,12,14-17H,1-6H3;1-3H3;/q-2;-1;+3. The Kier molecular flexibility index (Phi) is 9.68. The molecule has 2 nitrogen and oxygen atoms in total. The van der Waals surface area contributed by atoms with Crippen LogP contribution in [-0.2, 0) is 33.2 Å². The molecule has 0 amide bonds. The molecule has 0 saturated carbocycles. The van der Waals surface area contributed by atoms with E-state index in [4.69, 9.17) is 4.98 Å². The van der Waals surface area contributed by atoms with Crippen LogP contribution in [0.1, 0.15) is 73.4 Å². The normalized spacial score (nSPS) is 11.8. The van der Waals surface area contributed by atoms with E-state index < -0.39 is 5.60 Å². The number of nitrogens with zero attached hydrogens (tertiary/aromatic N) is 1. The summed E-state index contributed by atoms with van der Waals surface area (Å²) in [5.41, 5.74) is 6.00. The predicted molar refractivity (Wildman–Crippen MR) is 130 cm³/mol. The van der Waals surface area contributed by atoms with E-state index in [1.807, 2.05) is 12.1 Å². The summed E-state index contributed by atoms with van der Waals surface area (Å²) in [6.45, 7) is 18.2. The zero-order chi connectivity index (χ0) is 23.4. The van der Waals surface area contributed by atoms with Crippen LogP contribution in [0, 0.1) is 12.1 Å². The maximum atomic E-state index is 10.1. The van der Waals surface area contributed by atoms with E-state index in [0.717, 1.165) is 22.5 Å². The van der Waals surface area contributed by atoms with Gasteiger partial charge >= 0.3 is 22.4 Å². The van der Waals surface area contributed by atoms with Gasteiger partial charge in [0.1, 0.15) is 0 Å². The maximum Gasteiger partial charge on any atom is 3.00 e. The van der Waals surface area contributed by atoms with Crippen LogP contribution in [0.15, 0.2) is 54.6 Å². The number of pyridine rings is 1. The minimum Gasteiger partial charge on any atom is -0.850 e. The Balaban J connectivity index is 0.000000770. The van der Waals surface area contributed by atoms with Crippen molar-refractivity contribution >= 4 is 0 Å². The molecule has 0 spiro atoms. The van der Waals surface area contributed by atoms with Crippen molar-refractivity contribution in [3.63, 3.8) is 0 Å². The molecule has 0 radical (unpaired) electrons. The molecule has 0 aliphatic heterocycles. The van der Waals surface area contributed by atoms with Crippen molar-refractivity contribution in [2.75, 3.05) is 0 Å². The first-order valence-corrected chi connectivity index (χ1v) is 10.9. The van der Waals surface area contributed by atoms with Gasteiger partial charge in [-0.2, -0.15) is 0 Å². The molecule has 0 atom stereocenters. The second kappa shape index (κ2) is 10.9. The molecule has 1 aromatic heterocycles. The molecule has 0 unspecified atom stereocenters. The van der Waals surface area contributed by atoms with Gasteiger partial charge in [-0.3, -0.25) is 0 Å². The fraction of sp³-hybridized carbons (Fsp3) is 0.414. The first kappa shape index (κ1) is 28.3. The summed E-state index contributed by atoms with van der Waals surface area (Å²) in [7, 11) is 0. The van der Waals surface area contributed by atoms with Crippen LogP contribution in [0.5, 0.6) is 0 Å². The molecule has 3 heteroatoms. The Morgan fingerprint density at radius 3 is 1.22 bits per heavy atom. The van der Waals surface area contributed by atoms with Crippen LogP contribution in [-0.4, -0.2) is 10.6 Å². The number of benzene rings is 2. The fourth-order valence-corrected chi connectivity index (χ4v) is 2.84. The Hall–Kier alpha value is -1.71. The van der Waals surface area contributed by atoms with Gasteiger partial charge in [-0.05, 0) is 22.2 Å². The maximum absolute atomic E-state index is 10.1. The average Bonchev–Trinajstić information content (AvgIpc) is 2.66. The number of hydrogen-bond acceptors (Lipinski definition) is 2. The van der Waals surface area contributed by atoms with Gasteiger partial charge in [0.25, 0.3) is 0 Å². The zero-order valence-electron chi connectivity index (χ0n) is 20.9. The minimum absolute atomic E-state index is 0. The summed E-state index contributed by atoms with van der Waals surface area (Å²) < 4.78 is 0. The van der Waals surface area contributed by atoms with Gasteiger partial charge in [-0.1, -0.05) is 80.5 Å². The van der Waals surface area contributed by atoms with Crippen molar-refractivity contribution in [3.8, 4) is 22.5 Å². The molecule has 32 heavy (non-hydrogen) atoms. The van der Waals surface area contributed by atoms with Crippen molar-refractivity contribution in [2.24, 2.45) is 0 Å². The summed E-state index contributed by atoms with van der Waals surface area (Å²) in [6.07, 6.45) is 0. The monoisotopic (exact) mass is 611 g/mol. The van der Waals surface area contributed by atoms with Crippen LogP contribution >= 0.6 is 0 Å². The van der Waals surface area contributed by atoms with Gasteiger partial charge in [0.05, 0.1) is 0 Å². The third kappa shape index (κ3) is 9.04. The van der Waals surface area contributed by atoms with Crippen molar-refractivity contribution in [2.45, 2.75) is 78.7 Å². The van der Waals surface area contributed by atoms with Gasteiger partial charge in [0, 0.05) is 0 Å². The molecule has 0 aliphatic rings. The number of aromatic nitrogens is 1. The third-order valence-corrected chi connectivity index (χ3v) is 4.66. The average molecular weight is 612 g/mol.